The minimum absolute atomic E-state index is 0.0393. The number of nitrogens with one attached hydrogen (secondary N) is 2. The second-order valence-electron chi connectivity index (χ2n) is 6.14. The molecule has 0 saturated heterocycles. The molecule has 0 saturated carbocycles. The van der Waals surface area contributed by atoms with E-state index in [-0.39, 0.29) is 23.3 Å². The fourth-order valence-corrected chi connectivity index (χ4v) is 2.80. The number of hydrogen-bond acceptors (Lipinski definition) is 4. The summed E-state index contributed by atoms with van der Waals surface area (Å²) in [5.41, 5.74) is 0.110. The second kappa shape index (κ2) is 6.54. The molecule has 8 heteroatoms. The lowest BCUT2D eigenvalue weighted by Crippen LogP contribution is -2.32. The number of aromatic nitrogens is 4. The van der Waals surface area contributed by atoms with Crippen molar-refractivity contribution in [3.63, 3.8) is 0 Å². The molecule has 1 amide bonds. The Labute approximate surface area is 143 Å². The van der Waals surface area contributed by atoms with Crippen molar-refractivity contribution < 1.29 is 4.79 Å². The molecule has 25 heavy (non-hydrogen) atoms. The summed E-state index contributed by atoms with van der Waals surface area (Å²) in [4.78, 5) is 37.3. The highest BCUT2D eigenvalue weighted by Gasteiger charge is 2.16. The monoisotopic (exact) mass is 343 g/mol. The van der Waals surface area contributed by atoms with Crippen LogP contribution in [0.3, 0.4) is 0 Å². The van der Waals surface area contributed by atoms with E-state index >= 15 is 0 Å². The number of H-pyrrole nitrogens is 1. The Morgan fingerprint density at radius 1 is 1.32 bits per heavy atom. The van der Waals surface area contributed by atoms with E-state index in [9.17, 15) is 14.4 Å². The topological polar surface area (TPSA) is 101 Å². The molecule has 3 rings (SSSR count). The maximum absolute atomic E-state index is 12.7. The number of hydrogen-bond donors (Lipinski definition) is 2. The highest BCUT2D eigenvalue weighted by Crippen LogP contribution is 2.14. The van der Waals surface area contributed by atoms with Gasteiger partial charge in [0.1, 0.15) is 0 Å². The van der Waals surface area contributed by atoms with E-state index in [4.69, 9.17) is 0 Å². The Balaban J connectivity index is 2.26. The summed E-state index contributed by atoms with van der Waals surface area (Å²) >= 11 is 0. The predicted molar refractivity (Wildman–Crippen MR) is 95.1 cm³/mol. The van der Waals surface area contributed by atoms with E-state index in [1.807, 2.05) is 20.8 Å². The predicted octanol–water partition coefficient (Wildman–Crippen LogP) is 1.28. The van der Waals surface area contributed by atoms with Gasteiger partial charge in [-0.25, -0.2) is 14.3 Å². The molecule has 0 unspecified atom stereocenters. The van der Waals surface area contributed by atoms with Crippen LogP contribution in [0.25, 0.3) is 16.7 Å². The molecule has 8 nitrogen and oxygen atoms in total. The van der Waals surface area contributed by atoms with Gasteiger partial charge in [0.15, 0.2) is 0 Å². The van der Waals surface area contributed by atoms with Gasteiger partial charge < -0.3 is 5.32 Å². The summed E-state index contributed by atoms with van der Waals surface area (Å²) in [6, 6.07) is 4.80. The van der Waals surface area contributed by atoms with Crippen molar-refractivity contribution in [2.24, 2.45) is 0 Å². The summed E-state index contributed by atoms with van der Waals surface area (Å²) < 4.78 is 2.81. The maximum Gasteiger partial charge on any atom is 0.349 e. The van der Waals surface area contributed by atoms with Gasteiger partial charge in [-0.2, -0.15) is 0 Å². The number of amides is 1. The first-order chi connectivity index (χ1) is 12.0. The van der Waals surface area contributed by atoms with E-state index in [1.54, 1.807) is 18.2 Å². The number of fused-ring (bicyclic) bond motifs is 3. The SMILES string of the molecule is CCCn1c(=O)c2ccc(C(=O)N[C@@H](C)CC)cc2n2c(=O)[nH]nc12. The summed E-state index contributed by atoms with van der Waals surface area (Å²) in [7, 11) is 0. The fourth-order valence-electron chi connectivity index (χ4n) is 2.80. The Morgan fingerprint density at radius 2 is 2.08 bits per heavy atom. The van der Waals surface area contributed by atoms with Gasteiger partial charge >= 0.3 is 5.69 Å². The molecule has 2 aromatic heterocycles. The van der Waals surface area contributed by atoms with E-state index < -0.39 is 5.69 Å². The van der Waals surface area contributed by atoms with Gasteiger partial charge in [-0.3, -0.25) is 14.2 Å². The summed E-state index contributed by atoms with van der Waals surface area (Å²) in [5.74, 6) is 0.0162. The average Bonchev–Trinajstić information content (AvgIpc) is 2.99. The summed E-state index contributed by atoms with van der Waals surface area (Å²) in [6.07, 6.45) is 1.55. The fraction of sp³-hybridized carbons (Fsp3) is 0.412. The van der Waals surface area contributed by atoms with Gasteiger partial charge in [0.25, 0.3) is 11.5 Å². The van der Waals surface area contributed by atoms with Crippen molar-refractivity contribution in [2.75, 3.05) is 0 Å². The van der Waals surface area contributed by atoms with Crippen molar-refractivity contribution in [1.82, 2.24) is 24.5 Å². The van der Waals surface area contributed by atoms with Gasteiger partial charge in [0.05, 0.1) is 10.9 Å². The quantitative estimate of drug-likeness (QED) is 0.728. The first-order valence-corrected chi connectivity index (χ1v) is 8.42. The third kappa shape index (κ3) is 2.84. The molecule has 1 aromatic carbocycles. The van der Waals surface area contributed by atoms with E-state index in [0.29, 0.717) is 23.0 Å². The van der Waals surface area contributed by atoms with Gasteiger partial charge in [0.2, 0.25) is 5.78 Å². The number of aromatic amines is 1. The molecule has 0 aliphatic rings. The number of carbonyl (C=O) groups is 1. The van der Waals surface area contributed by atoms with Gasteiger partial charge in [-0.15, -0.1) is 5.10 Å². The van der Waals surface area contributed by atoms with Crippen molar-refractivity contribution in [2.45, 2.75) is 46.2 Å². The lowest BCUT2D eigenvalue weighted by atomic mass is 10.1. The lowest BCUT2D eigenvalue weighted by molar-refractivity contribution is 0.0939. The zero-order valence-electron chi connectivity index (χ0n) is 14.5. The lowest BCUT2D eigenvalue weighted by Gasteiger charge is -2.13. The Kier molecular flexibility index (Phi) is 4.43. The van der Waals surface area contributed by atoms with Crippen molar-refractivity contribution in [1.29, 1.82) is 0 Å². The van der Waals surface area contributed by atoms with Crippen LogP contribution in [0, 0.1) is 0 Å². The first kappa shape index (κ1) is 16.9. The average molecular weight is 343 g/mol. The van der Waals surface area contributed by atoms with Crippen molar-refractivity contribution in [3.8, 4) is 0 Å². The molecule has 2 heterocycles. The molecule has 0 aliphatic heterocycles. The smallest absolute Gasteiger partial charge is 0.349 e. The summed E-state index contributed by atoms with van der Waals surface area (Å²) in [5, 5.41) is 9.61. The number of carbonyl (C=O) groups excluding carboxylic acids is 1. The normalized spacial score (nSPS) is 12.6. The first-order valence-electron chi connectivity index (χ1n) is 8.42. The van der Waals surface area contributed by atoms with E-state index in [1.165, 1.54) is 8.97 Å². The standard InChI is InChI=1S/C17H21N5O3/c1-4-8-21-15(24)12-7-6-11(14(23)18-10(3)5-2)9-13(12)22-16(21)19-20-17(22)25/h6-7,9-10H,4-5,8H2,1-3H3,(H,18,23)(H,20,25)/t10-/m0/s1. The van der Waals surface area contributed by atoms with Crippen LogP contribution in [0.5, 0.6) is 0 Å². The van der Waals surface area contributed by atoms with Gasteiger partial charge in [0, 0.05) is 18.2 Å². The maximum atomic E-state index is 12.7. The third-order valence-electron chi connectivity index (χ3n) is 4.31. The largest absolute Gasteiger partial charge is 0.350 e. The molecular formula is C17H21N5O3. The van der Waals surface area contributed by atoms with Crippen LogP contribution in [-0.4, -0.2) is 31.1 Å². The second-order valence-corrected chi connectivity index (χ2v) is 6.14. The van der Waals surface area contributed by atoms with Crippen LogP contribution in [-0.2, 0) is 6.54 Å². The minimum atomic E-state index is -0.440. The summed E-state index contributed by atoms with van der Waals surface area (Å²) in [6.45, 7) is 6.30. The van der Waals surface area contributed by atoms with E-state index in [2.05, 4.69) is 15.5 Å². The molecule has 132 valence electrons. The van der Waals surface area contributed by atoms with Crippen LogP contribution >= 0.6 is 0 Å². The molecule has 0 aliphatic carbocycles. The molecule has 3 aromatic rings. The highest BCUT2D eigenvalue weighted by molar-refractivity contribution is 5.98. The zero-order chi connectivity index (χ0) is 18.1. The molecular weight excluding hydrogens is 322 g/mol. The zero-order valence-corrected chi connectivity index (χ0v) is 14.5. The molecule has 0 spiro atoms. The number of nitrogens with zero attached hydrogens (tertiary/aromatic N) is 3. The van der Waals surface area contributed by atoms with Crippen molar-refractivity contribution in [3.05, 3.63) is 44.6 Å². The molecule has 2 N–H and O–H groups in total. The molecule has 0 fully saturated rings. The van der Waals surface area contributed by atoms with Crippen LogP contribution in [0.2, 0.25) is 0 Å². The minimum Gasteiger partial charge on any atom is -0.350 e. The van der Waals surface area contributed by atoms with Gasteiger partial charge in [-0.1, -0.05) is 13.8 Å². The third-order valence-corrected chi connectivity index (χ3v) is 4.31. The van der Waals surface area contributed by atoms with E-state index in [0.717, 1.165) is 12.8 Å². The molecule has 0 radical (unpaired) electrons. The number of rotatable bonds is 5. The molecule has 0 bridgehead atoms. The van der Waals surface area contributed by atoms with Crippen LogP contribution in [0.1, 0.15) is 44.0 Å². The number of aryl methyl sites for hydroxylation is 1. The Hall–Kier alpha value is -2.90. The van der Waals surface area contributed by atoms with Crippen LogP contribution in [0.15, 0.2) is 27.8 Å². The molecule has 1 atom stereocenters. The Morgan fingerprint density at radius 3 is 2.76 bits per heavy atom. The van der Waals surface area contributed by atoms with Crippen LogP contribution < -0.4 is 16.6 Å². The highest BCUT2D eigenvalue weighted by atomic mass is 16.2. The van der Waals surface area contributed by atoms with Crippen molar-refractivity contribution >= 4 is 22.6 Å². The van der Waals surface area contributed by atoms with Gasteiger partial charge in [-0.05, 0) is 38.0 Å². The Bertz CT molecular complexity index is 1060. The van der Waals surface area contributed by atoms with Crippen LogP contribution in [0.4, 0.5) is 0 Å². The number of benzene rings is 1.